The van der Waals surface area contributed by atoms with E-state index in [0.29, 0.717) is 30.0 Å². The average molecular weight is 529 g/mol. The van der Waals surface area contributed by atoms with Crippen molar-refractivity contribution >= 4 is 17.4 Å². The molecule has 0 saturated heterocycles. The summed E-state index contributed by atoms with van der Waals surface area (Å²) >= 11 is 0. The van der Waals surface area contributed by atoms with E-state index < -0.39 is 36.2 Å². The van der Waals surface area contributed by atoms with E-state index in [2.05, 4.69) is 5.10 Å². The fourth-order valence-corrected chi connectivity index (χ4v) is 4.71. The highest BCUT2D eigenvalue weighted by Gasteiger charge is 2.48. The number of ether oxygens (including phenoxy) is 1. The Balaban J connectivity index is 1.55. The number of nitrogens with zero attached hydrogens (tertiary/aromatic N) is 2. The van der Waals surface area contributed by atoms with Gasteiger partial charge < -0.3 is 9.84 Å². The Labute approximate surface area is 218 Å². The molecule has 4 rings (SSSR count). The number of aliphatic carboxylic acids is 1. The molecule has 38 heavy (non-hydrogen) atoms. The SMILES string of the molecule is CCOc1ccc(F)c(-c2ccc(Cc3ccc(N4N=C(C(F)(F)F)[C@@H](C)C4CC(=O)O)cc3)c(C)c2)c1. The molecule has 1 N–H and O–H groups in total. The maximum Gasteiger partial charge on any atom is 0.431 e. The number of hydrogen-bond acceptors (Lipinski definition) is 4. The second-order valence-corrected chi connectivity index (χ2v) is 9.34. The highest BCUT2D eigenvalue weighted by Crippen LogP contribution is 2.36. The first-order valence-corrected chi connectivity index (χ1v) is 12.3. The zero-order valence-electron chi connectivity index (χ0n) is 21.2. The number of halogens is 4. The van der Waals surface area contributed by atoms with Crippen LogP contribution in [-0.4, -0.2) is 35.6 Å². The highest BCUT2D eigenvalue weighted by molar-refractivity contribution is 5.96. The first-order chi connectivity index (χ1) is 18.0. The second-order valence-electron chi connectivity index (χ2n) is 9.34. The summed E-state index contributed by atoms with van der Waals surface area (Å²) in [6.45, 7) is 5.63. The summed E-state index contributed by atoms with van der Waals surface area (Å²) < 4.78 is 60.3. The Kier molecular flexibility index (Phi) is 7.76. The Morgan fingerprint density at radius 2 is 1.79 bits per heavy atom. The van der Waals surface area contributed by atoms with Crippen LogP contribution >= 0.6 is 0 Å². The number of alkyl halides is 3. The molecule has 1 aliphatic heterocycles. The van der Waals surface area contributed by atoms with Crippen LogP contribution in [0.2, 0.25) is 0 Å². The molecular formula is C29H28F4N2O3. The molecule has 2 atom stereocenters. The molecule has 9 heteroatoms. The number of rotatable bonds is 8. The van der Waals surface area contributed by atoms with E-state index in [0.717, 1.165) is 27.3 Å². The number of carbonyl (C=O) groups is 1. The topological polar surface area (TPSA) is 62.1 Å². The minimum atomic E-state index is -4.64. The lowest BCUT2D eigenvalue weighted by molar-refractivity contribution is -0.137. The molecule has 0 radical (unpaired) electrons. The molecule has 0 aromatic heterocycles. The van der Waals surface area contributed by atoms with E-state index in [9.17, 15) is 27.5 Å². The standard InChI is InChI=1S/C29H28F4N2O3/c1-4-38-23-11-12-25(30)24(15-23)21-8-7-20(17(2)13-21)14-19-5-9-22(10-6-19)35-26(16-27(36)37)18(3)28(34-35)29(31,32)33/h5-13,15,18,26H,4,14,16H2,1-3H3,(H,36,37)/t18-,26?/m0/s1. The van der Waals surface area contributed by atoms with Crippen LogP contribution in [0.4, 0.5) is 23.2 Å². The van der Waals surface area contributed by atoms with Gasteiger partial charge in [-0.1, -0.05) is 37.3 Å². The van der Waals surface area contributed by atoms with Gasteiger partial charge in [0.25, 0.3) is 0 Å². The third kappa shape index (κ3) is 5.82. The Morgan fingerprint density at radius 3 is 2.39 bits per heavy atom. The summed E-state index contributed by atoms with van der Waals surface area (Å²) in [4.78, 5) is 11.3. The van der Waals surface area contributed by atoms with Gasteiger partial charge in [0.15, 0.2) is 0 Å². The largest absolute Gasteiger partial charge is 0.494 e. The number of carboxylic acid groups (broad SMARTS) is 1. The van der Waals surface area contributed by atoms with Crippen LogP contribution < -0.4 is 9.75 Å². The molecule has 0 amide bonds. The summed E-state index contributed by atoms with van der Waals surface area (Å²) in [5.41, 5.74) is 3.47. The van der Waals surface area contributed by atoms with E-state index in [1.54, 1.807) is 36.4 Å². The van der Waals surface area contributed by atoms with Gasteiger partial charge in [-0.3, -0.25) is 9.80 Å². The first-order valence-electron chi connectivity index (χ1n) is 12.3. The minimum Gasteiger partial charge on any atom is -0.494 e. The van der Waals surface area contributed by atoms with Crippen molar-refractivity contribution in [2.75, 3.05) is 11.6 Å². The summed E-state index contributed by atoms with van der Waals surface area (Å²) in [6, 6.07) is 16.3. The van der Waals surface area contributed by atoms with Crippen LogP contribution in [0.1, 0.15) is 37.0 Å². The summed E-state index contributed by atoms with van der Waals surface area (Å²) in [6.07, 6.45) is -4.55. The number of benzene rings is 3. The van der Waals surface area contributed by atoms with Gasteiger partial charge in [-0.15, -0.1) is 0 Å². The van der Waals surface area contributed by atoms with Crippen molar-refractivity contribution in [3.05, 3.63) is 83.2 Å². The number of hydrazone groups is 1. The van der Waals surface area contributed by atoms with Gasteiger partial charge in [-0.2, -0.15) is 18.3 Å². The Morgan fingerprint density at radius 1 is 1.08 bits per heavy atom. The molecule has 1 aliphatic rings. The maximum absolute atomic E-state index is 14.5. The van der Waals surface area contributed by atoms with Gasteiger partial charge in [-0.25, -0.2) is 4.39 Å². The zero-order valence-corrected chi connectivity index (χ0v) is 21.2. The summed E-state index contributed by atoms with van der Waals surface area (Å²) in [5.74, 6) is -2.02. The third-order valence-electron chi connectivity index (χ3n) is 6.71. The van der Waals surface area contributed by atoms with Crippen molar-refractivity contribution in [3.8, 4) is 16.9 Å². The molecule has 1 unspecified atom stereocenters. The zero-order chi connectivity index (χ0) is 27.6. The predicted molar refractivity (Wildman–Crippen MR) is 138 cm³/mol. The van der Waals surface area contributed by atoms with Gasteiger partial charge >= 0.3 is 12.1 Å². The average Bonchev–Trinajstić information content (AvgIpc) is 3.18. The van der Waals surface area contributed by atoms with Crippen molar-refractivity contribution in [1.29, 1.82) is 0 Å². The van der Waals surface area contributed by atoms with E-state index in [1.807, 2.05) is 32.0 Å². The van der Waals surface area contributed by atoms with Gasteiger partial charge in [0.1, 0.15) is 17.3 Å². The maximum atomic E-state index is 14.5. The van der Waals surface area contributed by atoms with Crippen LogP contribution in [0.15, 0.2) is 65.8 Å². The Hall–Kier alpha value is -3.88. The fourth-order valence-electron chi connectivity index (χ4n) is 4.71. The van der Waals surface area contributed by atoms with Crippen molar-refractivity contribution in [2.45, 2.75) is 45.8 Å². The Bertz CT molecular complexity index is 1350. The van der Waals surface area contributed by atoms with E-state index in [4.69, 9.17) is 4.74 Å². The number of anilines is 1. The molecule has 3 aromatic rings. The van der Waals surface area contributed by atoms with Crippen molar-refractivity contribution in [2.24, 2.45) is 11.0 Å². The van der Waals surface area contributed by atoms with Gasteiger partial charge in [0, 0.05) is 11.5 Å². The van der Waals surface area contributed by atoms with Gasteiger partial charge in [-0.05, 0) is 72.9 Å². The van der Waals surface area contributed by atoms with Crippen LogP contribution in [0.25, 0.3) is 11.1 Å². The fraction of sp³-hybridized carbons (Fsp3) is 0.310. The normalized spacial score (nSPS) is 17.4. The van der Waals surface area contributed by atoms with Crippen molar-refractivity contribution in [1.82, 2.24) is 0 Å². The van der Waals surface area contributed by atoms with Crippen LogP contribution in [0.3, 0.4) is 0 Å². The molecule has 0 spiro atoms. The molecule has 0 saturated carbocycles. The quantitative estimate of drug-likeness (QED) is 0.320. The lowest BCUT2D eigenvalue weighted by Gasteiger charge is -2.25. The van der Waals surface area contributed by atoms with E-state index in [1.165, 1.54) is 13.0 Å². The molecule has 0 aliphatic carbocycles. The predicted octanol–water partition coefficient (Wildman–Crippen LogP) is 7.01. The lowest BCUT2D eigenvalue weighted by atomic mass is 9.94. The molecule has 3 aromatic carbocycles. The molecule has 5 nitrogen and oxygen atoms in total. The van der Waals surface area contributed by atoms with Crippen LogP contribution in [-0.2, 0) is 11.2 Å². The molecule has 0 bridgehead atoms. The van der Waals surface area contributed by atoms with Crippen LogP contribution in [0, 0.1) is 18.7 Å². The van der Waals surface area contributed by atoms with Gasteiger partial charge in [0.05, 0.1) is 24.8 Å². The number of hydrogen-bond donors (Lipinski definition) is 1. The summed E-state index contributed by atoms with van der Waals surface area (Å²) in [5, 5.41) is 14.2. The molecular weight excluding hydrogens is 500 g/mol. The van der Waals surface area contributed by atoms with Gasteiger partial charge in [0.2, 0.25) is 0 Å². The van der Waals surface area contributed by atoms with Crippen molar-refractivity contribution in [3.63, 3.8) is 0 Å². The second kappa shape index (κ2) is 10.8. The van der Waals surface area contributed by atoms with E-state index >= 15 is 0 Å². The monoisotopic (exact) mass is 528 g/mol. The molecule has 1 heterocycles. The minimum absolute atomic E-state index is 0.343. The molecule has 200 valence electrons. The van der Waals surface area contributed by atoms with Crippen molar-refractivity contribution < 1.29 is 32.2 Å². The highest BCUT2D eigenvalue weighted by atomic mass is 19.4. The first kappa shape index (κ1) is 27.2. The van der Waals surface area contributed by atoms with Crippen LogP contribution in [0.5, 0.6) is 5.75 Å². The third-order valence-corrected chi connectivity index (χ3v) is 6.71. The number of carboxylic acids is 1. The summed E-state index contributed by atoms with van der Waals surface area (Å²) in [7, 11) is 0. The van der Waals surface area contributed by atoms with E-state index in [-0.39, 0.29) is 5.82 Å². The lowest BCUT2D eigenvalue weighted by Crippen LogP contribution is -2.36. The number of aryl methyl sites for hydroxylation is 1. The smallest absolute Gasteiger partial charge is 0.431 e. The molecule has 0 fully saturated rings.